The third kappa shape index (κ3) is 2.27. The van der Waals surface area contributed by atoms with Crippen molar-refractivity contribution in [3.05, 3.63) is 0 Å². The zero-order valence-electron chi connectivity index (χ0n) is 17.7. The number of aliphatic hydroxyl groups is 3. The van der Waals surface area contributed by atoms with Crippen molar-refractivity contribution in [2.24, 2.45) is 39.9 Å². The van der Waals surface area contributed by atoms with Crippen molar-refractivity contribution < 1.29 is 34.4 Å². The van der Waals surface area contributed by atoms with Crippen molar-refractivity contribution >= 4 is 17.5 Å². The average Bonchev–Trinajstić information content (AvgIpc) is 2.74. The fourth-order valence-corrected chi connectivity index (χ4v) is 7.81. The van der Waals surface area contributed by atoms with Gasteiger partial charge in [-0.1, -0.05) is 27.7 Å². The van der Waals surface area contributed by atoms with E-state index in [0.717, 1.165) is 0 Å². The SMILES string of the molecule is CC(=O)O[C@H]1C[C@H](O)[C@]2(C)[C@H](CC(O)C34C(=O)[C@H](C)[C@@H](C(=O)C[C@H]32)[C@H]4O)C1(C)C. The monoisotopic (exact) mass is 408 g/mol. The lowest BCUT2D eigenvalue weighted by Crippen LogP contribution is -2.72. The van der Waals surface area contributed by atoms with Crippen LogP contribution in [-0.4, -0.2) is 57.3 Å². The first-order valence-electron chi connectivity index (χ1n) is 10.6. The van der Waals surface area contributed by atoms with Gasteiger partial charge in [0.15, 0.2) is 0 Å². The Bertz CT molecular complexity index is 775. The average molecular weight is 408 g/mol. The van der Waals surface area contributed by atoms with Gasteiger partial charge in [-0.25, -0.2) is 0 Å². The van der Waals surface area contributed by atoms with Gasteiger partial charge >= 0.3 is 5.97 Å². The highest BCUT2D eigenvalue weighted by molar-refractivity contribution is 6.01. The molecule has 0 radical (unpaired) electrons. The first kappa shape index (κ1) is 20.9. The second-order valence-electron chi connectivity index (χ2n) is 10.6. The summed E-state index contributed by atoms with van der Waals surface area (Å²) in [5.74, 6) is -3.24. The molecule has 4 aliphatic rings. The Hall–Kier alpha value is -1.31. The molecule has 0 amide bonds. The molecule has 4 aliphatic carbocycles. The van der Waals surface area contributed by atoms with E-state index in [1.807, 2.05) is 20.8 Å². The molecule has 0 heterocycles. The van der Waals surface area contributed by atoms with E-state index in [1.54, 1.807) is 6.92 Å². The zero-order valence-corrected chi connectivity index (χ0v) is 17.7. The van der Waals surface area contributed by atoms with Crippen molar-refractivity contribution in [1.29, 1.82) is 0 Å². The topological polar surface area (TPSA) is 121 Å². The number of Topliss-reactive ketones (excluding diaryl/α,β-unsaturated/α-hetero) is 2. The Morgan fingerprint density at radius 3 is 2.24 bits per heavy atom. The van der Waals surface area contributed by atoms with Gasteiger partial charge in [0.1, 0.15) is 17.7 Å². The highest BCUT2D eigenvalue weighted by atomic mass is 16.5. The van der Waals surface area contributed by atoms with E-state index in [1.165, 1.54) is 6.92 Å². The van der Waals surface area contributed by atoms with Gasteiger partial charge in [-0.15, -0.1) is 0 Å². The number of hydrogen-bond donors (Lipinski definition) is 3. The Morgan fingerprint density at radius 1 is 1.03 bits per heavy atom. The van der Waals surface area contributed by atoms with Crippen molar-refractivity contribution in [2.75, 3.05) is 0 Å². The van der Waals surface area contributed by atoms with Crippen molar-refractivity contribution in [1.82, 2.24) is 0 Å². The van der Waals surface area contributed by atoms with Crippen LogP contribution in [0.5, 0.6) is 0 Å². The Balaban J connectivity index is 1.86. The van der Waals surface area contributed by atoms with Gasteiger partial charge in [-0.2, -0.15) is 0 Å². The van der Waals surface area contributed by atoms with Crippen LogP contribution in [0.25, 0.3) is 0 Å². The summed E-state index contributed by atoms with van der Waals surface area (Å²) in [5.41, 5.74) is -2.88. The second-order valence-corrected chi connectivity index (χ2v) is 10.6. The van der Waals surface area contributed by atoms with Crippen LogP contribution in [0.1, 0.15) is 53.9 Å². The second kappa shape index (κ2) is 6.11. The largest absolute Gasteiger partial charge is 0.462 e. The maximum absolute atomic E-state index is 13.4. The van der Waals surface area contributed by atoms with Gasteiger partial charge in [-0.3, -0.25) is 14.4 Å². The number of carbonyl (C=O) groups is 3. The van der Waals surface area contributed by atoms with E-state index < -0.39 is 64.4 Å². The molecular weight excluding hydrogens is 376 g/mol. The van der Waals surface area contributed by atoms with Crippen molar-refractivity contribution in [3.8, 4) is 0 Å². The predicted molar refractivity (Wildman–Crippen MR) is 101 cm³/mol. The van der Waals surface area contributed by atoms with E-state index in [-0.39, 0.29) is 36.7 Å². The molecule has 2 unspecified atom stereocenters. The summed E-state index contributed by atoms with van der Waals surface area (Å²) in [4.78, 5) is 37.9. The van der Waals surface area contributed by atoms with Crippen molar-refractivity contribution in [2.45, 2.75) is 78.3 Å². The standard InChI is InChI=1S/C22H32O7/c1-9-17-11(24)6-13-21(5)12(7-15(26)22(13,18(9)27)19(17)28)20(3,4)16(8-14(21)25)29-10(2)23/h9,12-17,19,25-26,28H,6-8H2,1-5H3/t9-,12-,13+,14+,15?,16+,17+,19-,21-,22?/m1/s1. The quantitative estimate of drug-likeness (QED) is 0.550. The van der Waals surface area contributed by atoms with Gasteiger partial charge in [0.25, 0.3) is 0 Å². The normalized spacial score (nSPS) is 53.2. The minimum Gasteiger partial charge on any atom is -0.462 e. The van der Waals surface area contributed by atoms with Gasteiger partial charge in [0, 0.05) is 36.5 Å². The van der Waals surface area contributed by atoms with Gasteiger partial charge in [-0.05, 0) is 18.3 Å². The fraction of sp³-hybridized carbons (Fsp3) is 0.864. The molecule has 4 saturated carbocycles. The first-order chi connectivity index (χ1) is 13.3. The first-order valence-corrected chi connectivity index (χ1v) is 10.6. The minimum absolute atomic E-state index is 0.0627. The summed E-state index contributed by atoms with van der Waals surface area (Å²) in [6.07, 6.45) is -3.36. The minimum atomic E-state index is -1.42. The number of hydrogen-bond acceptors (Lipinski definition) is 7. The number of ketones is 2. The third-order valence-electron chi connectivity index (χ3n) is 9.27. The summed E-state index contributed by atoms with van der Waals surface area (Å²) in [6.45, 7) is 8.76. The lowest BCUT2D eigenvalue weighted by atomic mass is 9.38. The molecule has 4 rings (SSSR count). The van der Waals surface area contributed by atoms with E-state index >= 15 is 0 Å². The number of aliphatic hydroxyl groups excluding tert-OH is 3. The Morgan fingerprint density at radius 2 is 1.66 bits per heavy atom. The maximum atomic E-state index is 13.4. The highest BCUT2D eigenvalue weighted by Crippen LogP contribution is 2.70. The molecule has 7 nitrogen and oxygen atoms in total. The molecule has 1 spiro atoms. The third-order valence-corrected chi connectivity index (χ3v) is 9.27. The van der Waals surface area contributed by atoms with Crippen molar-refractivity contribution in [3.63, 3.8) is 0 Å². The molecule has 0 aromatic carbocycles. The summed E-state index contributed by atoms with van der Waals surface area (Å²) in [6, 6.07) is 0. The van der Waals surface area contributed by atoms with Crippen LogP contribution in [-0.2, 0) is 19.1 Å². The number of carbonyl (C=O) groups excluding carboxylic acids is 3. The summed E-state index contributed by atoms with van der Waals surface area (Å²) < 4.78 is 5.52. The maximum Gasteiger partial charge on any atom is 0.302 e. The fourth-order valence-electron chi connectivity index (χ4n) is 7.81. The van der Waals surface area contributed by atoms with Crippen LogP contribution in [0.2, 0.25) is 0 Å². The molecule has 0 aromatic rings. The molecule has 0 saturated heterocycles. The molecule has 0 aliphatic heterocycles. The predicted octanol–water partition coefficient (Wildman–Crippen LogP) is 0.867. The summed E-state index contributed by atoms with van der Waals surface area (Å²) in [7, 11) is 0. The van der Waals surface area contributed by atoms with Crippen LogP contribution in [0, 0.1) is 39.9 Å². The van der Waals surface area contributed by atoms with Crippen LogP contribution in [0.3, 0.4) is 0 Å². The van der Waals surface area contributed by atoms with Gasteiger partial charge in [0.2, 0.25) is 0 Å². The number of ether oxygens (including phenoxy) is 1. The molecule has 3 N–H and O–H groups in total. The van der Waals surface area contributed by atoms with Gasteiger partial charge in [0.05, 0.1) is 29.6 Å². The molecule has 0 aromatic heterocycles. The number of esters is 1. The van der Waals surface area contributed by atoms with E-state index in [4.69, 9.17) is 4.74 Å². The lowest BCUT2D eigenvalue weighted by molar-refractivity contribution is -0.266. The lowest BCUT2D eigenvalue weighted by Gasteiger charge is -2.67. The smallest absolute Gasteiger partial charge is 0.302 e. The summed E-state index contributed by atoms with van der Waals surface area (Å²) in [5, 5.41) is 33.7. The molecule has 10 atom stereocenters. The molecule has 7 heteroatoms. The van der Waals surface area contributed by atoms with E-state index in [9.17, 15) is 29.7 Å². The Labute approximate surface area is 170 Å². The number of rotatable bonds is 1. The molecular formula is C22H32O7. The highest BCUT2D eigenvalue weighted by Gasteiger charge is 2.78. The molecule has 162 valence electrons. The van der Waals surface area contributed by atoms with E-state index in [2.05, 4.69) is 0 Å². The molecule has 29 heavy (non-hydrogen) atoms. The number of fused-ring (bicyclic) bond motifs is 3. The zero-order chi connectivity index (χ0) is 21.7. The molecule has 4 fully saturated rings. The van der Waals surface area contributed by atoms with Crippen LogP contribution in [0.15, 0.2) is 0 Å². The summed E-state index contributed by atoms with van der Waals surface area (Å²) >= 11 is 0. The Kier molecular flexibility index (Phi) is 4.41. The van der Waals surface area contributed by atoms with Crippen LogP contribution >= 0.6 is 0 Å². The van der Waals surface area contributed by atoms with Crippen LogP contribution < -0.4 is 0 Å². The van der Waals surface area contributed by atoms with Gasteiger partial charge < -0.3 is 20.1 Å². The van der Waals surface area contributed by atoms with E-state index in [0.29, 0.717) is 0 Å². The van der Waals surface area contributed by atoms with Crippen LogP contribution in [0.4, 0.5) is 0 Å². The molecule has 2 bridgehead atoms.